The van der Waals surface area contributed by atoms with Gasteiger partial charge in [-0.1, -0.05) is 48.5 Å². The van der Waals surface area contributed by atoms with Gasteiger partial charge in [0.1, 0.15) is 18.1 Å². The third-order valence-electron chi connectivity index (χ3n) is 7.38. The van der Waals surface area contributed by atoms with Gasteiger partial charge in [-0.25, -0.2) is 0 Å². The number of nitrogens with one attached hydrogen (secondary N) is 5. The first kappa shape index (κ1) is 42.7. The van der Waals surface area contributed by atoms with Gasteiger partial charge in [0, 0.05) is 13.5 Å². The SMILES string of the molecule is CC(=O)N[C@H](C(=O)N[C@H](C(=O)N[C@H](CC(C)C)[C@H](O)CC(=O)N[C@H](C)C(=O)N[C@H](C[C@@H](C)CO)[C@@H](O)CC(=O)O)C(C)C)C(C)C. The van der Waals surface area contributed by atoms with Crippen molar-refractivity contribution in [2.75, 3.05) is 6.61 Å². The highest BCUT2D eigenvalue weighted by atomic mass is 16.4. The van der Waals surface area contributed by atoms with Crippen LogP contribution in [0.1, 0.15) is 88.0 Å². The van der Waals surface area contributed by atoms with Gasteiger partial charge in [0.05, 0.1) is 37.1 Å². The maximum atomic E-state index is 13.4. The predicted molar refractivity (Wildman–Crippen MR) is 170 cm³/mol. The van der Waals surface area contributed by atoms with E-state index in [2.05, 4.69) is 26.6 Å². The van der Waals surface area contributed by atoms with E-state index >= 15 is 0 Å². The second kappa shape index (κ2) is 20.7. The van der Waals surface area contributed by atoms with Gasteiger partial charge >= 0.3 is 5.97 Å². The van der Waals surface area contributed by atoms with Crippen LogP contribution in [0, 0.1) is 23.7 Å². The molecule has 15 nitrogen and oxygen atoms in total. The molecule has 8 atom stereocenters. The van der Waals surface area contributed by atoms with E-state index in [0.29, 0.717) is 6.42 Å². The number of carbonyl (C=O) groups is 6. The van der Waals surface area contributed by atoms with Crippen LogP contribution in [0.4, 0.5) is 0 Å². The van der Waals surface area contributed by atoms with Gasteiger partial charge in [0.15, 0.2) is 0 Å². The Kier molecular flexibility index (Phi) is 19.3. The summed E-state index contributed by atoms with van der Waals surface area (Å²) in [5.74, 6) is -5.12. The van der Waals surface area contributed by atoms with Crippen LogP contribution < -0.4 is 26.6 Å². The minimum atomic E-state index is -1.43. The number of aliphatic hydroxyl groups is 3. The molecule has 15 heteroatoms. The third-order valence-corrected chi connectivity index (χ3v) is 7.38. The summed E-state index contributed by atoms with van der Waals surface area (Å²) < 4.78 is 0. The molecule has 0 spiro atoms. The number of carboxylic acids is 1. The van der Waals surface area contributed by atoms with Crippen molar-refractivity contribution in [2.24, 2.45) is 23.7 Å². The first-order valence-electron chi connectivity index (χ1n) is 15.9. The minimum absolute atomic E-state index is 0.000340. The summed E-state index contributed by atoms with van der Waals surface area (Å²) in [6.45, 7) is 14.8. The highest BCUT2D eigenvalue weighted by Gasteiger charge is 2.33. The smallest absolute Gasteiger partial charge is 0.306 e. The van der Waals surface area contributed by atoms with E-state index in [9.17, 15) is 44.1 Å². The molecule has 9 N–H and O–H groups in total. The van der Waals surface area contributed by atoms with Gasteiger partial charge in [-0.3, -0.25) is 28.8 Å². The Labute approximate surface area is 272 Å². The topological polar surface area (TPSA) is 243 Å². The largest absolute Gasteiger partial charge is 0.481 e. The van der Waals surface area contributed by atoms with Crippen LogP contribution >= 0.6 is 0 Å². The Bertz CT molecular complexity index is 1020. The fourth-order valence-corrected chi connectivity index (χ4v) is 4.77. The van der Waals surface area contributed by atoms with Crippen molar-refractivity contribution in [2.45, 2.75) is 130 Å². The molecule has 0 aliphatic carbocycles. The van der Waals surface area contributed by atoms with Crippen LogP contribution in [-0.2, 0) is 28.8 Å². The summed E-state index contributed by atoms with van der Waals surface area (Å²) in [5.41, 5.74) is 0. The van der Waals surface area contributed by atoms with Crippen molar-refractivity contribution in [3.05, 3.63) is 0 Å². The van der Waals surface area contributed by atoms with Crippen LogP contribution in [0.5, 0.6) is 0 Å². The number of carboxylic acid groups (broad SMARTS) is 1. The molecule has 0 aliphatic heterocycles. The molecule has 0 aliphatic rings. The third kappa shape index (κ3) is 16.3. The second-order valence-electron chi connectivity index (χ2n) is 13.3. The first-order valence-corrected chi connectivity index (χ1v) is 15.9. The lowest BCUT2D eigenvalue weighted by molar-refractivity contribution is -0.140. The number of aliphatic hydroxyl groups excluding tert-OH is 3. The number of aliphatic carboxylic acids is 1. The monoisotopic (exact) mass is 659 g/mol. The zero-order chi connectivity index (χ0) is 35.9. The molecule has 0 rings (SSSR count). The number of hydrogen-bond donors (Lipinski definition) is 9. The molecule has 0 aromatic rings. The van der Waals surface area contributed by atoms with E-state index in [-0.39, 0.29) is 36.7 Å². The highest BCUT2D eigenvalue weighted by Crippen LogP contribution is 2.15. The standard InChI is InChI=1S/C31H57N5O10/c1-15(2)10-21(35-30(45)28(17(5)6)36-31(46)27(16(3)4)33-20(9)38)23(39)12-25(41)32-19(8)29(44)34-22(11-18(7)14-37)24(40)13-26(42)43/h15-19,21-24,27-28,37,39-40H,10-14H2,1-9H3,(H,32,41)(H,33,38)(H,34,44)(H,35,45)(H,36,46)(H,42,43)/t18-,19-,21-,22-,23-,24+,27+,28+/m1/s1. The Morgan fingerprint density at radius 2 is 1.07 bits per heavy atom. The molecule has 0 saturated carbocycles. The Balaban J connectivity index is 5.57. The fourth-order valence-electron chi connectivity index (χ4n) is 4.77. The van der Waals surface area contributed by atoms with Crippen LogP contribution in [0.2, 0.25) is 0 Å². The van der Waals surface area contributed by atoms with Crippen molar-refractivity contribution in [1.82, 2.24) is 26.6 Å². The molecule has 0 bridgehead atoms. The quantitative estimate of drug-likeness (QED) is 0.0758. The molecule has 0 unspecified atom stereocenters. The molecule has 0 saturated heterocycles. The Morgan fingerprint density at radius 1 is 0.609 bits per heavy atom. The van der Waals surface area contributed by atoms with E-state index in [1.165, 1.54) is 13.8 Å². The van der Waals surface area contributed by atoms with Gasteiger partial charge in [0.25, 0.3) is 0 Å². The van der Waals surface area contributed by atoms with Crippen LogP contribution in [-0.4, -0.2) is 105 Å². The van der Waals surface area contributed by atoms with E-state index in [1.807, 2.05) is 13.8 Å². The second-order valence-corrected chi connectivity index (χ2v) is 13.3. The molecule has 5 amide bonds. The fraction of sp³-hybridized carbons (Fsp3) is 0.806. The van der Waals surface area contributed by atoms with Crippen LogP contribution in [0.25, 0.3) is 0 Å². The summed E-state index contributed by atoms with van der Waals surface area (Å²) >= 11 is 0. The molecule has 266 valence electrons. The van der Waals surface area contributed by atoms with Gasteiger partial charge < -0.3 is 47.0 Å². The maximum Gasteiger partial charge on any atom is 0.306 e. The van der Waals surface area contributed by atoms with E-state index < -0.39 is 90.8 Å². The average Bonchev–Trinajstić information content (AvgIpc) is 2.92. The summed E-state index contributed by atoms with van der Waals surface area (Å²) in [7, 11) is 0. The zero-order valence-electron chi connectivity index (χ0n) is 28.6. The molecule has 46 heavy (non-hydrogen) atoms. The number of rotatable bonds is 21. The van der Waals surface area contributed by atoms with Gasteiger partial charge in [-0.15, -0.1) is 0 Å². The highest BCUT2D eigenvalue weighted by molar-refractivity contribution is 5.92. The summed E-state index contributed by atoms with van der Waals surface area (Å²) in [4.78, 5) is 74.6. The molecule has 0 radical (unpaired) electrons. The summed E-state index contributed by atoms with van der Waals surface area (Å²) in [6, 6.07) is -4.86. The normalized spacial score (nSPS) is 16.8. The average molecular weight is 660 g/mol. The molecule has 0 heterocycles. The Hall–Kier alpha value is -3.30. The van der Waals surface area contributed by atoms with E-state index in [4.69, 9.17) is 5.11 Å². The number of amides is 5. The molecule has 0 fully saturated rings. The van der Waals surface area contributed by atoms with Crippen molar-refractivity contribution in [1.29, 1.82) is 0 Å². The number of carbonyl (C=O) groups excluding carboxylic acids is 5. The lowest BCUT2D eigenvalue weighted by atomic mass is 9.95. The van der Waals surface area contributed by atoms with Crippen molar-refractivity contribution >= 4 is 35.5 Å². The minimum Gasteiger partial charge on any atom is -0.481 e. The van der Waals surface area contributed by atoms with Gasteiger partial charge in [-0.2, -0.15) is 0 Å². The molecule has 0 aromatic heterocycles. The molecule has 0 aromatic carbocycles. The summed E-state index contributed by atoms with van der Waals surface area (Å²) in [6.07, 6.45) is -3.51. The first-order chi connectivity index (χ1) is 21.2. The van der Waals surface area contributed by atoms with Gasteiger partial charge in [-0.05, 0) is 43.4 Å². The molecular weight excluding hydrogens is 602 g/mol. The summed E-state index contributed by atoms with van der Waals surface area (Å²) in [5, 5.41) is 52.7. The van der Waals surface area contributed by atoms with Crippen LogP contribution in [0.3, 0.4) is 0 Å². The van der Waals surface area contributed by atoms with Crippen molar-refractivity contribution < 1.29 is 49.2 Å². The predicted octanol–water partition coefficient (Wildman–Crippen LogP) is -0.587. The van der Waals surface area contributed by atoms with Crippen molar-refractivity contribution in [3.63, 3.8) is 0 Å². The maximum absolute atomic E-state index is 13.4. The number of hydrogen-bond acceptors (Lipinski definition) is 9. The Morgan fingerprint density at radius 3 is 1.52 bits per heavy atom. The van der Waals surface area contributed by atoms with Crippen molar-refractivity contribution in [3.8, 4) is 0 Å². The zero-order valence-corrected chi connectivity index (χ0v) is 28.6. The van der Waals surface area contributed by atoms with E-state index in [0.717, 1.165) is 0 Å². The lowest BCUT2D eigenvalue weighted by Gasteiger charge is -2.31. The van der Waals surface area contributed by atoms with Gasteiger partial charge in [0.2, 0.25) is 29.5 Å². The van der Waals surface area contributed by atoms with Crippen LogP contribution in [0.15, 0.2) is 0 Å². The molecular formula is C31H57N5O10. The lowest BCUT2D eigenvalue weighted by Crippen LogP contribution is -2.59. The van der Waals surface area contributed by atoms with E-state index in [1.54, 1.807) is 34.6 Å².